The molecule has 4 heteroatoms. The molecule has 3 atom stereocenters. The Morgan fingerprint density at radius 2 is 1.83 bits per heavy atom. The maximum atomic E-state index is 10.9. The fourth-order valence-electron chi connectivity index (χ4n) is 4.72. The molecule has 1 radical (unpaired) electrons. The predicted octanol–water partition coefficient (Wildman–Crippen LogP) is 7.55. The van der Waals surface area contributed by atoms with Gasteiger partial charge in [-0.2, -0.15) is 9.90 Å². The zero-order valence-corrected chi connectivity index (χ0v) is 22.7. The summed E-state index contributed by atoms with van der Waals surface area (Å²) in [5.41, 5.74) is 3.50. The van der Waals surface area contributed by atoms with Gasteiger partial charge in [-0.1, -0.05) is 59.1 Å². The number of hydrogen-bond acceptors (Lipinski definition) is 2. The SMILES string of the molecule is CC.CCCCC(C)(C)c1cc(O)c2c(c1)OC(C)(C)[C@@H]1CC=C(C)CC21.P.[V]. The van der Waals surface area contributed by atoms with Gasteiger partial charge in [-0.15, -0.1) is 0 Å². The van der Waals surface area contributed by atoms with E-state index in [2.05, 4.69) is 53.7 Å². The third-order valence-electron chi connectivity index (χ3n) is 6.44. The van der Waals surface area contributed by atoms with E-state index in [0.717, 1.165) is 30.6 Å². The number of phenols is 1. The van der Waals surface area contributed by atoms with Crippen LogP contribution in [0.15, 0.2) is 23.8 Å². The van der Waals surface area contributed by atoms with Crippen LogP contribution in [0.5, 0.6) is 11.5 Å². The summed E-state index contributed by atoms with van der Waals surface area (Å²) in [4.78, 5) is 0. The summed E-state index contributed by atoms with van der Waals surface area (Å²) in [6.07, 6.45) is 7.92. The molecule has 0 saturated heterocycles. The van der Waals surface area contributed by atoms with Crippen molar-refractivity contribution in [2.45, 2.75) is 104 Å². The molecule has 0 saturated carbocycles. The second-order valence-corrected chi connectivity index (χ2v) is 9.30. The van der Waals surface area contributed by atoms with Crippen molar-refractivity contribution in [3.63, 3.8) is 0 Å². The van der Waals surface area contributed by atoms with E-state index < -0.39 is 0 Å². The third kappa shape index (κ3) is 6.06. The number of ether oxygens (including phenoxy) is 1. The smallest absolute Gasteiger partial charge is 0.127 e. The van der Waals surface area contributed by atoms with Gasteiger partial charge in [0.2, 0.25) is 0 Å². The van der Waals surface area contributed by atoms with Gasteiger partial charge in [0.25, 0.3) is 0 Å². The summed E-state index contributed by atoms with van der Waals surface area (Å²) >= 11 is 0. The van der Waals surface area contributed by atoms with Gasteiger partial charge in [0.1, 0.15) is 17.1 Å². The summed E-state index contributed by atoms with van der Waals surface area (Å²) in [5.74, 6) is 2.11. The first kappa shape index (κ1) is 28.6. The second-order valence-electron chi connectivity index (χ2n) is 9.30. The Hall–Kier alpha value is -0.426. The molecule has 0 amide bonds. The molecule has 0 bridgehead atoms. The molecule has 0 fully saturated rings. The van der Waals surface area contributed by atoms with Gasteiger partial charge < -0.3 is 9.84 Å². The Labute approximate surface area is 194 Å². The average molecular weight is 458 g/mol. The Morgan fingerprint density at radius 1 is 1.21 bits per heavy atom. The first-order valence-corrected chi connectivity index (χ1v) is 10.9. The minimum Gasteiger partial charge on any atom is -0.508 e. The number of fused-ring (bicyclic) bond motifs is 3. The molecular weight excluding hydrogens is 414 g/mol. The Kier molecular flexibility index (Phi) is 11.1. The van der Waals surface area contributed by atoms with E-state index in [0.29, 0.717) is 17.6 Å². The molecule has 0 aromatic heterocycles. The number of rotatable bonds is 4. The Morgan fingerprint density at radius 3 is 2.41 bits per heavy atom. The molecule has 2 nitrogen and oxygen atoms in total. The van der Waals surface area contributed by atoms with Gasteiger partial charge >= 0.3 is 0 Å². The van der Waals surface area contributed by atoms with Gasteiger partial charge in [0, 0.05) is 36.0 Å². The summed E-state index contributed by atoms with van der Waals surface area (Å²) in [7, 11) is 0. The number of phenolic OH excluding ortho intramolecular Hbond substituents is 1. The summed E-state index contributed by atoms with van der Waals surface area (Å²) < 4.78 is 6.46. The molecule has 2 aliphatic rings. The zero-order chi connectivity index (χ0) is 20.4. The third-order valence-corrected chi connectivity index (χ3v) is 6.44. The van der Waals surface area contributed by atoms with Crippen molar-refractivity contribution in [3.05, 3.63) is 34.9 Å². The molecule has 2 unspecified atom stereocenters. The monoisotopic (exact) mass is 457 g/mol. The fourth-order valence-corrected chi connectivity index (χ4v) is 4.72. The second kappa shape index (κ2) is 11.3. The van der Waals surface area contributed by atoms with E-state index in [-0.39, 0.29) is 39.5 Å². The molecule has 1 heterocycles. The van der Waals surface area contributed by atoms with Crippen LogP contribution in [0, 0.1) is 5.92 Å². The number of hydrogen-bond donors (Lipinski definition) is 1. The van der Waals surface area contributed by atoms with Crippen molar-refractivity contribution in [2.75, 3.05) is 0 Å². The molecule has 1 aromatic rings. The van der Waals surface area contributed by atoms with Crippen molar-refractivity contribution in [1.29, 1.82) is 0 Å². The zero-order valence-electron chi connectivity index (χ0n) is 19.9. The predicted molar refractivity (Wildman–Crippen MR) is 127 cm³/mol. The van der Waals surface area contributed by atoms with Crippen LogP contribution in [0.3, 0.4) is 0 Å². The molecule has 1 aromatic carbocycles. The number of benzene rings is 1. The largest absolute Gasteiger partial charge is 0.508 e. The Balaban J connectivity index is 0.00000190. The van der Waals surface area contributed by atoms with Crippen LogP contribution in [0.2, 0.25) is 0 Å². The molecule has 165 valence electrons. The van der Waals surface area contributed by atoms with Crippen LogP contribution in [0.1, 0.15) is 105 Å². The fraction of sp³-hybridized carbons (Fsp3) is 0.680. The van der Waals surface area contributed by atoms with Crippen molar-refractivity contribution in [2.24, 2.45) is 5.92 Å². The van der Waals surface area contributed by atoms with Crippen molar-refractivity contribution >= 4 is 9.90 Å². The van der Waals surface area contributed by atoms with Crippen molar-refractivity contribution in [1.82, 2.24) is 0 Å². The Bertz CT molecular complexity index is 694. The van der Waals surface area contributed by atoms with Crippen molar-refractivity contribution < 1.29 is 28.4 Å². The van der Waals surface area contributed by atoms with E-state index >= 15 is 0 Å². The molecule has 1 aliphatic carbocycles. The van der Waals surface area contributed by atoms with E-state index in [1.165, 1.54) is 24.0 Å². The quantitative estimate of drug-likeness (QED) is 0.374. The number of aromatic hydroxyl groups is 1. The van der Waals surface area contributed by atoms with Crippen molar-refractivity contribution in [3.8, 4) is 11.5 Å². The molecule has 1 N–H and O–H groups in total. The van der Waals surface area contributed by atoms with E-state index in [9.17, 15) is 5.11 Å². The van der Waals surface area contributed by atoms with Gasteiger partial charge in [-0.05, 0) is 63.1 Å². The van der Waals surface area contributed by atoms with Gasteiger partial charge in [0.15, 0.2) is 0 Å². The summed E-state index contributed by atoms with van der Waals surface area (Å²) in [5, 5.41) is 10.9. The number of unbranched alkanes of at least 4 members (excludes halogenated alkanes) is 1. The molecular formula is C25H43O2PV. The number of allylic oxidation sites excluding steroid dienone is 2. The average Bonchev–Trinajstić information content (AvgIpc) is 2.60. The molecule has 1 aliphatic heterocycles. The van der Waals surface area contributed by atoms with Crippen LogP contribution in [-0.4, -0.2) is 10.7 Å². The van der Waals surface area contributed by atoms with Crippen LogP contribution in [0.25, 0.3) is 0 Å². The maximum absolute atomic E-state index is 10.9. The maximum Gasteiger partial charge on any atom is 0.127 e. The van der Waals surface area contributed by atoms with Gasteiger partial charge in [-0.3, -0.25) is 0 Å². The van der Waals surface area contributed by atoms with E-state index in [1.54, 1.807) is 0 Å². The van der Waals surface area contributed by atoms with Crippen LogP contribution >= 0.6 is 9.90 Å². The minimum atomic E-state index is -0.201. The van der Waals surface area contributed by atoms with Crippen LogP contribution in [0.4, 0.5) is 0 Å². The van der Waals surface area contributed by atoms with E-state index in [1.807, 2.05) is 19.9 Å². The molecule has 0 spiro atoms. The topological polar surface area (TPSA) is 29.5 Å². The van der Waals surface area contributed by atoms with Crippen LogP contribution in [-0.2, 0) is 24.0 Å². The van der Waals surface area contributed by atoms with Gasteiger partial charge in [-0.25, -0.2) is 0 Å². The van der Waals surface area contributed by atoms with E-state index in [4.69, 9.17) is 4.74 Å². The standard InChI is InChI=1S/C23H34O2.C2H6.H3P.V/c1-7-8-11-22(3,4)16-13-19(24)21-17-12-15(2)9-10-18(17)23(5,6)25-20(21)14-16;1-2;;/h9,13-14,17-18,24H,7-8,10-12H2,1-6H3;1-2H3;1H3;/t17?,18-;;;/m1.../s1. The first-order valence-electron chi connectivity index (χ1n) is 10.9. The summed E-state index contributed by atoms with van der Waals surface area (Å²) in [6, 6.07) is 4.21. The molecule has 29 heavy (non-hydrogen) atoms. The van der Waals surface area contributed by atoms with Crippen LogP contribution < -0.4 is 4.74 Å². The normalized spacial score (nSPS) is 21.6. The molecule has 3 rings (SSSR count). The van der Waals surface area contributed by atoms with Gasteiger partial charge in [0.05, 0.1) is 0 Å². The minimum absolute atomic E-state index is 0. The summed E-state index contributed by atoms with van der Waals surface area (Å²) in [6.45, 7) is 17.4. The first-order chi connectivity index (χ1) is 12.7.